The molecule has 0 amide bonds. The van der Waals surface area contributed by atoms with Crippen LogP contribution in [0.25, 0.3) is 22.1 Å². The van der Waals surface area contributed by atoms with Crippen LogP contribution in [0.3, 0.4) is 0 Å². The molecule has 0 saturated carbocycles. The van der Waals surface area contributed by atoms with E-state index >= 15 is 0 Å². The fourth-order valence-electron chi connectivity index (χ4n) is 5.27. The Balaban J connectivity index is 1.79. The number of ether oxygens (including phenoxy) is 4. The molecule has 7 heteroatoms. The van der Waals surface area contributed by atoms with Crippen LogP contribution in [0.4, 0.5) is 0 Å². The van der Waals surface area contributed by atoms with Gasteiger partial charge in [-0.25, -0.2) is 4.79 Å². The molecular formula is C31H33NO6. The molecule has 0 radical (unpaired) electrons. The predicted molar refractivity (Wildman–Crippen MR) is 148 cm³/mol. The van der Waals surface area contributed by atoms with Crippen molar-refractivity contribution in [2.45, 2.75) is 26.2 Å². The third-order valence-corrected chi connectivity index (χ3v) is 7.28. The van der Waals surface area contributed by atoms with Gasteiger partial charge in [0.1, 0.15) is 17.1 Å². The highest BCUT2D eigenvalue weighted by molar-refractivity contribution is 6.00. The van der Waals surface area contributed by atoms with Crippen molar-refractivity contribution in [3.63, 3.8) is 0 Å². The maximum atomic E-state index is 13.0. The van der Waals surface area contributed by atoms with E-state index in [2.05, 4.69) is 24.8 Å². The van der Waals surface area contributed by atoms with E-state index in [4.69, 9.17) is 23.4 Å². The van der Waals surface area contributed by atoms with Crippen LogP contribution < -0.4 is 24.6 Å². The molecule has 1 aromatic heterocycles. The van der Waals surface area contributed by atoms with Crippen molar-refractivity contribution in [2.75, 3.05) is 40.6 Å². The summed E-state index contributed by atoms with van der Waals surface area (Å²) >= 11 is 0. The summed E-state index contributed by atoms with van der Waals surface area (Å²) in [5, 5.41) is 0.739. The Morgan fingerprint density at radius 1 is 0.895 bits per heavy atom. The van der Waals surface area contributed by atoms with Crippen LogP contribution in [-0.4, -0.2) is 45.5 Å². The van der Waals surface area contributed by atoms with Gasteiger partial charge in [-0.3, -0.25) is 0 Å². The first-order valence-electron chi connectivity index (χ1n) is 13.0. The zero-order chi connectivity index (χ0) is 26.6. The predicted octanol–water partition coefficient (Wildman–Crippen LogP) is 6.07. The molecule has 1 aliphatic heterocycles. The third kappa shape index (κ3) is 4.82. The third-order valence-electron chi connectivity index (χ3n) is 7.28. The molecule has 0 saturated heterocycles. The highest BCUT2D eigenvalue weighted by Crippen LogP contribution is 2.47. The first kappa shape index (κ1) is 25.7. The SMILES string of the molecule is CCN(CC)CC[C@H](c1ccc2c(c1)OCO2)c1c(OC)cc(OC)c2c(-c3ccccc3)cc(=O)oc12. The van der Waals surface area contributed by atoms with Crippen LogP contribution in [0.15, 0.2) is 69.9 Å². The first-order chi connectivity index (χ1) is 18.6. The summed E-state index contributed by atoms with van der Waals surface area (Å²) in [5.74, 6) is 2.46. The number of rotatable bonds is 10. The molecule has 4 aromatic rings. The van der Waals surface area contributed by atoms with Crippen LogP contribution >= 0.6 is 0 Å². The quantitative estimate of drug-likeness (QED) is 0.237. The van der Waals surface area contributed by atoms with Gasteiger partial charge in [-0.05, 0) is 49.3 Å². The lowest BCUT2D eigenvalue weighted by Gasteiger charge is -2.26. The van der Waals surface area contributed by atoms with Crippen molar-refractivity contribution in [1.29, 1.82) is 0 Å². The molecule has 1 atom stereocenters. The maximum Gasteiger partial charge on any atom is 0.336 e. The molecule has 198 valence electrons. The second kappa shape index (κ2) is 11.2. The Kier molecular flexibility index (Phi) is 7.56. The lowest BCUT2D eigenvalue weighted by molar-refractivity contribution is 0.174. The number of hydrogen-bond acceptors (Lipinski definition) is 7. The molecule has 0 aliphatic carbocycles. The van der Waals surface area contributed by atoms with Crippen molar-refractivity contribution in [3.05, 3.63) is 82.2 Å². The fraction of sp³-hybridized carbons (Fsp3) is 0.323. The number of hydrogen-bond donors (Lipinski definition) is 0. The fourth-order valence-corrected chi connectivity index (χ4v) is 5.27. The summed E-state index contributed by atoms with van der Waals surface area (Å²) in [7, 11) is 3.24. The second-order valence-corrected chi connectivity index (χ2v) is 9.22. The van der Waals surface area contributed by atoms with E-state index in [0.29, 0.717) is 22.8 Å². The van der Waals surface area contributed by atoms with Crippen molar-refractivity contribution < 1.29 is 23.4 Å². The topological polar surface area (TPSA) is 70.4 Å². The first-order valence-corrected chi connectivity index (χ1v) is 13.0. The van der Waals surface area contributed by atoms with Gasteiger partial charge < -0.3 is 28.3 Å². The van der Waals surface area contributed by atoms with Crippen molar-refractivity contribution in [1.82, 2.24) is 4.90 Å². The van der Waals surface area contributed by atoms with Gasteiger partial charge in [-0.2, -0.15) is 0 Å². The number of benzene rings is 3. The van der Waals surface area contributed by atoms with E-state index in [0.717, 1.165) is 59.4 Å². The summed E-state index contributed by atoms with van der Waals surface area (Å²) in [6.45, 7) is 7.26. The molecule has 0 unspecified atom stereocenters. The highest BCUT2D eigenvalue weighted by Gasteiger charge is 2.29. The van der Waals surface area contributed by atoms with Crippen LogP contribution in [-0.2, 0) is 0 Å². The van der Waals surface area contributed by atoms with Gasteiger partial charge in [0.05, 0.1) is 19.6 Å². The Labute approximate surface area is 222 Å². The molecule has 1 aliphatic rings. The van der Waals surface area contributed by atoms with Gasteiger partial charge in [0.2, 0.25) is 6.79 Å². The van der Waals surface area contributed by atoms with Gasteiger partial charge >= 0.3 is 5.63 Å². The molecule has 7 nitrogen and oxygen atoms in total. The highest BCUT2D eigenvalue weighted by atomic mass is 16.7. The summed E-state index contributed by atoms with van der Waals surface area (Å²) in [6.07, 6.45) is 0.776. The minimum atomic E-state index is -0.430. The maximum absolute atomic E-state index is 13.0. The molecule has 3 aromatic carbocycles. The lowest BCUT2D eigenvalue weighted by Crippen LogP contribution is -2.25. The molecule has 0 fully saturated rings. The lowest BCUT2D eigenvalue weighted by atomic mass is 9.85. The van der Waals surface area contributed by atoms with Crippen LogP contribution in [0.5, 0.6) is 23.0 Å². The Bertz CT molecular complexity index is 1480. The van der Waals surface area contributed by atoms with Gasteiger partial charge in [0.15, 0.2) is 11.5 Å². The smallest absolute Gasteiger partial charge is 0.336 e. The van der Waals surface area contributed by atoms with Gasteiger partial charge in [-0.15, -0.1) is 0 Å². The van der Waals surface area contributed by atoms with E-state index in [-0.39, 0.29) is 12.7 Å². The molecule has 2 heterocycles. The van der Waals surface area contributed by atoms with Gasteiger partial charge in [0.25, 0.3) is 0 Å². The molecule has 0 spiro atoms. The molecular weight excluding hydrogens is 482 g/mol. The van der Waals surface area contributed by atoms with Crippen LogP contribution in [0.1, 0.15) is 37.3 Å². The van der Waals surface area contributed by atoms with E-state index in [9.17, 15) is 4.79 Å². The largest absolute Gasteiger partial charge is 0.496 e. The van der Waals surface area contributed by atoms with E-state index in [1.807, 2.05) is 48.5 Å². The van der Waals surface area contributed by atoms with Crippen molar-refractivity contribution >= 4 is 11.0 Å². The standard InChI is InChI=1S/C31H33NO6/c1-5-32(6-2)15-14-22(21-12-13-24-25(16-21)37-19-36-24)29-26(34-3)18-27(35-4)30-23(17-28(33)38-31(29)30)20-10-8-7-9-11-20/h7-13,16-18,22H,5-6,14-15,19H2,1-4H3/t22-/m1/s1. The van der Waals surface area contributed by atoms with E-state index in [1.165, 1.54) is 6.07 Å². The average molecular weight is 516 g/mol. The van der Waals surface area contributed by atoms with Gasteiger partial charge in [-0.1, -0.05) is 50.2 Å². The molecule has 38 heavy (non-hydrogen) atoms. The Morgan fingerprint density at radius 3 is 2.34 bits per heavy atom. The van der Waals surface area contributed by atoms with E-state index < -0.39 is 5.63 Å². The Hall–Kier alpha value is -3.97. The van der Waals surface area contributed by atoms with Crippen LogP contribution in [0, 0.1) is 0 Å². The Morgan fingerprint density at radius 2 is 1.63 bits per heavy atom. The van der Waals surface area contributed by atoms with E-state index in [1.54, 1.807) is 14.2 Å². The zero-order valence-corrected chi connectivity index (χ0v) is 22.3. The number of fused-ring (bicyclic) bond motifs is 2. The summed E-state index contributed by atoms with van der Waals surface area (Å²) in [6, 6.07) is 19.2. The number of methoxy groups -OCH3 is 2. The normalized spacial score (nSPS) is 13.2. The molecule has 5 rings (SSSR count). The van der Waals surface area contributed by atoms with Gasteiger partial charge in [0, 0.05) is 29.2 Å². The minimum absolute atomic E-state index is 0.150. The minimum Gasteiger partial charge on any atom is -0.496 e. The zero-order valence-electron chi connectivity index (χ0n) is 22.3. The van der Waals surface area contributed by atoms with Crippen molar-refractivity contribution in [2.24, 2.45) is 0 Å². The van der Waals surface area contributed by atoms with Crippen LogP contribution in [0.2, 0.25) is 0 Å². The van der Waals surface area contributed by atoms with Crippen molar-refractivity contribution in [3.8, 4) is 34.1 Å². The number of nitrogens with zero attached hydrogens (tertiary/aromatic N) is 1. The average Bonchev–Trinajstić information content (AvgIpc) is 3.43. The molecule has 0 bridgehead atoms. The summed E-state index contributed by atoms with van der Waals surface area (Å²) < 4.78 is 29.0. The summed E-state index contributed by atoms with van der Waals surface area (Å²) in [4.78, 5) is 15.4. The molecule has 0 N–H and O–H groups in total. The second-order valence-electron chi connectivity index (χ2n) is 9.22. The summed E-state index contributed by atoms with van der Waals surface area (Å²) in [5.41, 5.74) is 3.53. The monoisotopic (exact) mass is 515 g/mol.